The van der Waals surface area contributed by atoms with Crippen LogP contribution >= 0.6 is 0 Å². The van der Waals surface area contributed by atoms with E-state index in [-0.39, 0.29) is 41.9 Å². The average Bonchev–Trinajstić information content (AvgIpc) is 3.02. The number of aromatic nitrogens is 1. The lowest BCUT2D eigenvalue weighted by Gasteiger charge is -2.25. The Balaban J connectivity index is 1.60. The fourth-order valence-corrected chi connectivity index (χ4v) is 3.74. The molecule has 1 unspecified atom stereocenters. The van der Waals surface area contributed by atoms with Gasteiger partial charge >= 0.3 is 0 Å². The summed E-state index contributed by atoms with van der Waals surface area (Å²) in [6.07, 6.45) is 1.44. The summed E-state index contributed by atoms with van der Waals surface area (Å²) in [4.78, 5) is 30.7. The molecule has 4 rings (SSSR count). The van der Waals surface area contributed by atoms with Crippen LogP contribution in [0.25, 0.3) is 0 Å². The highest BCUT2D eigenvalue weighted by Crippen LogP contribution is 2.39. The second-order valence-electron chi connectivity index (χ2n) is 7.22. The highest BCUT2D eigenvalue weighted by atomic mass is 19.1. The Morgan fingerprint density at radius 3 is 2.55 bits per heavy atom. The van der Waals surface area contributed by atoms with Gasteiger partial charge in [-0.2, -0.15) is 9.72 Å². The minimum absolute atomic E-state index is 0.0550. The van der Waals surface area contributed by atoms with Gasteiger partial charge in [0, 0.05) is 30.3 Å². The van der Waals surface area contributed by atoms with Crippen LogP contribution in [0.1, 0.15) is 40.4 Å². The van der Waals surface area contributed by atoms with E-state index in [1.807, 2.05) is 0 Å². The summed E-state index contributed by atoms with van der Waals surface area (Å²) in [6, 6.07) is 14.1. The number of rotatable bonds is 5. The van der Waals surface area contributed by atoms with E-state index in [2.05, 4.69) is 4.99 Å². The minimum Gasteiger partial charge on any atom is -0.427 e. The van der Waals surface area contributed by atoms with E-state index in [4.69, 9.17) is 0 Å². The maximum absolute atomic E-state index is 14.6. The van der Waals surface area contributed by atoms with Crippen molar-refractivity contribution >= 4 is 11.8 Å². The molecule has 8 heteroatoms. The number of hydrogen-bond donors (Lipinski definition) is 1. The molecule has 1 aromatic heterocycles. The van der Waals surface area contributed by atoms with Gasteiger partial charge in [0.2, 0.25) is 5.91 Å². The molecule has 1 atom stereocenters. The zero-order valence-electron chi connectivity index (χ0n) is 16.4. The van der Waals surface area contributed by atoms with Crippen LogP contribution in [0, 0.1) is 11.6 Å². The van der Waals surface area contributed by atoms with Crippen molar-refractivity contribution in [3.8, 4) is 0 Å². The molecule has 1 N–H and O–H groups in total. The van der Waals surface area contributed by atoms with E-state index in [1.165, 1.54) is 41.4 Å². The molecule has 6 nitrogen and oxygen atoms in total. The van der Waals surface area contributed by atoms with Crippen molar-refractivity contribution in [2.45, 2.75) is 25.4 Å². The van der Waals surface area contributed by atoms with Crippen molar-refractivity contribution in [3.63, 3.8) is 0 Å². The lowest BCUT2D eigenvalue weighted by molar-refractivity contribution is -0.118. The maximum atomic E-state index is 14.6. The molecule has 2 amide bonds. The van der Waals surface area contributed by atoms with Crippen molar-refractivity contribution in [1.82, 2.24) is 9.63 Å². The van der Waals surface area contributed by atoms with E-state index in [0.29, 0.717) is 5.56 Å². The number of halogens is 2. The van der Waals surface area contributed by atoms with Crippen LogP contribution in [-0.2, 0) is 11.3 Å². The SMILES string of the molecule is O=C(CCC1c2c(F)cccc2C(=O)N1Cc1ccc(F)cc1)N=c1ccccn1O. The third-order valence-corrected chi connectivity index (χ3v) is 5.21. The Labute approximate surface area is 176 Å². The van der Waals surface area contributed by atoms with E-state index in [0.717, 1.165) is 4.73 Å². The molecule has 2 heterocycles. The van der Waals surface area contributed by atoms with Gasteiger partial charge in [0.05, 0.1) is 6.04 Å². The number of amides is 2. The molecular formula is C23H19F2N3O3. The monoisotopic (exact) mass is 423 g/mol. The molecule has 2 aromatic carbocycles. The third kappa shape index (κ3) is 4.23. The van der Waals surface area contributed by atoms with Crippen LogP contribution in [-0.4, -0.2) is 26.7 Å². The molecule has 0 bridgehead atoms. The minimum atomic E-state index is -0.662. The molecule has 0 radical (unpaired) electrons. The van der Waals surface area contributed by atoms with Crippen molar-refractivity contribution in [2.75, 3.05) is 0 Å². The molecule has 0 aliphatic carbocycles. The number of carbonyl (C=O) groups is 2. The fraction of sp³-hybridized carbons (Fsp3) is 0.174. The summed E-state index contributed by atoms with van der Waals surface area (Å²) in [5.74, 6) is -1.76. The molecule has 0 saturated heterocycles. The van der Waals surface area contributed by atoms with Crippen molar-refractivity contribution < 1.29 is 23.6 Å². The summed E-state index contributed by atoms with van der Waals surface area (Å²) in [6.45, 7) is 0.151. The Morgan fingerprint density at radius 1 is 1.03 bits per heavy atom. The van der Waals surface area contributed by atoms with Gasteiger partial charge in [0.1, 0.15) is 11.6 Å². The summed E-state index contributed by atoms with van der Waals surface area (Å²) in [5.41, 5.74) is 1.27. The Kier molecular flexibility index (Phi) is 5.62. The molecule has 0 spiro atoms. The first-order chi connectivity index (χ1) is 14.9. The zero-order valence-corrected chi connectivity index (χ0v) is 16.4. The molecule has 0 fully saturated rings. The molecule has 3 aromatic rings. The van der Waals surface area contributed by atoms with Gasteiger partial charge in [-0.05, 0) is 48.4 Å². The van der Waals surface area contributed by atoms with Crippen molar-refractivity contribution in [1.29, 1.82) is 0 Å². The van der Waals surface area contributed by atoms with Crippen LogP contribution in [0.5, 0.6) is 0 Å². The Bertz CT molecular complexity index is 1210. The number of hydrogen-bond acceptors (Lipinski definition) is 3. The second-order valence-corrected chi connectivity index (χ2v) is 7.22. The first kappa shape index (κ1) is 20.5. The normalized spacial score (nSPS) is 15.9. The van der Waals surface area contributed by atoms with Crippen LogP contribution in [0.3, 0.4) is 0 Å². The molecular weight excluding hydrogens is 404 g/mol. The first-order valence-electron chi connectivity index (χ1n) is 9.72. The van der Waals surface area contributed by atoms with Gasteiger partial charge < -0.3 is 10.1 Å². The first-order valence-corrected chi connectivity index (χ1v) is 9.72. The highest BCUT2D eigenvalue weighted by molar-refractivity contribution is 5.99. The number of nitrogens with zero attached hydrogens (tertiary/aromatic N) is 3. The fourth-order valence-electron chi connectivity index (χ4n) is 3.74. The number of fused-ring (bicyclic) bond motifs is 1. The summed E-state index contributed by atoms with van der Waals surface area (Å²) in [7, 11) is 0. The quantitative estimate of drug-likeness (QED) is 0.637. The Morgan fingerprint density at radius 2 is 1.81 bits per heavy atom. The summed E-state index contributed by atoms with van der Waals surface area (Å²) >= 11 is 0. The zero-order chi connectivity index (χ0) is 22.0. The molecule has 1 aliphatic rings. The molecule has 0 saturated carbocycles. The molecule has 31 heavy (non-hydrogen) atoms. The van der Waals surface area contributed by atoms with Gasteiger partial charge in [-0.3, -0.25) is 9.59 Å². The standard InChI is InChI=1S/C23H19F2N3O3/c24-16-9-7-15(8-10-16)14-27-19(22-17(23(27)30)4-3-5-18(22)25)11-12-21(29)26-20-6-1-2-13-28(20)31/h1-10,13,19,31H,11-12,14H2. The van der Waals surface area contributed by atoms with E-state index in [1.54, 1.807) is 30.3 Å². The topological polar surface area (TPSA) is 74.9 Å². The van der Waals surface area contributed by atoms with Gasteiger partial charge in [0.15, 0.2) is 5.49 Å². The lowest BCUT2D eigenvalue weighted by atomic mass is 9.99. The maximum Gasteiger partial charge on any atom is 0.255 e. The second kappa shape index (κ2) is 8.51. The lowest BCUT2D eigenvalue weighted by Crippen LogP contribution is -2.28. The summed E-state index contributed by atoms with van der Waals surface area (Å²) in [5, 5.41) is 9.71. The predicted octanol–water partition coefficient (Wildman–Crippen LogP) is 3.61. The number of pyridine rings is 1. The van der Waals surface area contributed by atoms with Crippen LogP contribution in [0.4, 0.5) is 8.78 Å². The van der Waals surface area contributed by atoms with Gasteiger partial charge in [-0.25, -0.2) is 8.78 Å². The van der Waals surface area contributed by atoms with E-state index < -0.39 is 23.6 Å². The third-order valence-electron chi connectivity index (χ3n) is 5.21. The van der Waals surface area contributed by atoms with Crippen LogP contribution < -0.4 is 5.49 Å². The van der Waals surface area contributed by atoms with E-state index >= 15 is 0 Å². The number of benzene rings is 2. The summed E-state index contributed by atoms with van der Waals surface area (Å²) < 4.78 is 28.6. The smallest absolute Gasteiger partial charge is 0.255 e. The highest BCUT2D eigenvalue weighted by Gasteiger charge is 2.38. The van der Waals surface area contributed by atoms with Gasteiger partial charge in [0.25, 0.3) is 5.91 Å². The van der Waals surface area contributed by atoms with Gasteiger partial charge in [-0.15, -0.1) is 0 Å². The van der Waals surface area contributed by atoms with Crippen LogP contribution in [0.2, 0.25) is 0 Å². The van der Waals surface area contributed by atoms with Crippen molar-refractivity contribution in [3.05, 3.63) is 101 Å². The average molecular weight is 423 g/mol. The van der Waals surface area contributed by atoms with Crippen molar-refractivity contribution in [2.24, 2.45) is 4.99 Å². The van der Waals surface area contributed by atoms with E-state index in [9.17, 15) is 23.6 Å². The number of carbonyl (C=O) groups excluding carboxylic acids is 2. The predicted molar refractivity (Wildman–Crippen MR) is 107 cm³/mol. The largest absolute Gasteiger partial charge is 0.427 e. The molecule has 1 aliphatic heterocycles. The molecule has 158 valence electrons. The van der Waals surface area contributed by atoms with Gasteiger partial charge in [-0.1, -0.05) is 24.3 Å². The van der Waals surface area contributed by atoms with Crippen LogP contribution in [0.15, 0.2) is 71.9 Å². The Hall–Kier alpha value is -3.81.